The molecule has 114 valence electrons. The van der Waals surface area contributed by atoms with Crippen molar-refractivity contribution >= 4 is 27.3 Å². The van der Waals surface area contributed by atoms with Crippen LogP contribution in [-0.2, 0) is 16.6 Å². The van der Waals surface area contributed by atoms with E-state index in [4.69, 9.17) is 9.52 Å². The van der Waals surface area contributed by atoms with Gasteiger partial charge in [-0.3, -0.25) is 0 Å². The second kappa shape index (κ2) is 5.63. The Morgan fingerprint density at radius 1 is 1.38 bits per heavy atom. The number of aromatic carboxylic acids is 1. The van der Waals surface area contributed by atoms with E-state index in [0.29, 0.717) is 0 Å². The van der Waals surface area contributed by atoms with Crippen molar-refractivity contribution in [1.82, 2.24) is 4.31 Å². The molecule has 0 unspecified atom stereocenters. The topological polar surface area (TPSA) is 87.8 Å². The number of hydrogen-bond acceptors (Lipinski definition) is 5. The summed E-state index contributed by atoms with van der Waals surface area (Å²) in [6.07, 6.45) is 0. The van der Waals surface area contributed by atoms with Crippen molar-refractivity contribution in [3.05, 3.63) is 39.5 Å². The maximum absolute atomic E-state index is 12.5. The summed E-state index contributed by atoms with van der Waals surface area (Å²) in [5, 5.41) is 8.79. The molecular weight excluding hydrogens is 314 g/mol. The molecule has 6 nitrogen and oxygen atoms in total. The fourth-order valence-corrected chi connectivity index (χ4v) is 4.57. The third-order valence-corrected chi connectivity index (χ3v) is 5.96. The molecule has 2 aromatic rings. The first-order valence-electron chi connectivity index (χ1n) is 6.07. The van der Waals surface area contributed by atoms with Gasteiger partial charge in [0, 0.05) is 16.8 Å². The zero-order valence-corrected chi connectivity index (χ0v) is 13.4. The predicted octanol–water partition coefficient (Wildman–Crippen LogP) is 2.48. The van der Waals surface area contributed by atoms with E-state index in [0.717, 1.165) is 14.1 Å². The highest BCUT2D eigenvalue weighted by molar-refractivity contribution is 7.89. The number of nitrogens with zero attached hydrogens (tertiary/aromatic N) is 1. The van der Waals surface area contributed by atoms with Gasteiger partial charge in [0.05, 0.1) is 11.4 Å². The number of sulfonamides is 1. The summed E-state index contributed by atoms with van der Waals surface area (Å²) in [6, 6.07) is 4.40. The highest BCUT2D eigenvalue weighted by Crippen LogP contribution is 2.27. The smallest absolute Gasteiger partial charge is 0.371 e. The highest BCUT2D eigenvalue weighted by atomic mass is 32.2. The lowest BCUT2D eigenvalue weighted by molar-refractivity contribution is 0.0659. The molecule has 0 aromatic carbocycles. The Balaban J connectivity index is 2.24. The second-order valence-electron chi connectivity index (χ2n) is 4.61. The van der Waals surface area contributed by atoms with Crippen molar-refractivity contribution in [2.24, 2.45) is 0 Å². The molecule has 2 rings (SSSR count). The Hall–Kier alpha value is -1.64. The Kier molecular flexibility index (Phi) is 4.22. The van der Waals surface area contributed by atoms with Crippen LogP contribution < -0.4 is 0 Å². The number of aryl methyl sites for hydroxylation is 2. The van der Waals surface area contributed by atoms with Gasteiger partial charge in [-0.15, -0.1) is 11.3 Å². The van der Waals surface area contributed by atoms with E-state index >= 15 is 0 Å². The van der Waals surface area contributed by atoms with Crippen molar-refractivity contribution in [2.75, 3.05) is 7.05 Å². The van der Waals surface area contributed by atoms with Gasteiger partial charge in [0.1, 0.15) is 5.76 Å². The molecule has 0 radical (unpaired) electrons. The van der Waals surface area contributed by atoms with E-state index in [1.807, 2.05) is 6.92 Å². The van der Waals surface area contributed by atoms with Gasteiger partial charge in [0.2, 0.25) is 15.8 Å². The molecule has 0 aliphatic rings. The van der Waals surface area contributed by atoms with E-state index in [1.165, 1.54) is 30.5 Å². The van der Waals surface area contributed by atoms with Crippen LogP contribution in [0.3, 0.4) is 0 Å². The van der Waals surface area contributed by atoms with Gasteiger partial charge in [0.25, 0.3) is 0 Å². The van der Waals surface area contributed by atoms with Crippen molar-refractivity contribution in [2.45, 2.75) is 25.3 Å². The Labute approximate surface area is 126 Å². The molecule has 2 heterocycles. The number of furan rings is 1. The fourth-order valence-electron chi connectivity index (χ4n) is 1.91. The summed E-state index contributed by atoms with van der Waals surface area (Å²) < 4.78 is 31.2. The van der Waals surface area contributed by atoms with Crippen LogP contribution in [0.25, 0.3) is 0 Å². The van der Waals surface area contributed by atoms with Crippen LogP contribution in [0.5, 0.6) is 0 Å². The SMILES string of the molecule is Cc1cc(S(=O)(=O)N(C)Cc2ccc(C(=O)O)o2)c(C)s1. The molecule has 0 atom stereocenters. The zero-order chi connectivity index (χ0) is 15.8. The van der Waals surface area contributed by atoms with E-state index in [-0.39, 0.29) is 23.0 Å². The molecule has 0 bridgehead atoms. The number of carboxylic acid groups (broad SMARTS) is 1. The number of thiophene rings is 1. The van der Waals surface area contributed by atoms with Crippen LogP contribution >= 0.6 is 11.3 Å². The van der Waals surface area contributed by atoms with Crippen LogP contribution in [0.1, 0.15) is 26.1 Å². The largest absolute Gasteiger partial charge is 0.475 e. The van der Waals surface area contributed by atoms with Gasteiger partial charge in [-0.2, -0.15) is 4.31 Å². The molecule has 2 aromatic heterocycles. The maximum atomic E-state index is 12.5. The van der Waals surface area contributed by atoms with Gasteiger partial charge in [-0.1, -0.05) is 0 Å². The molecule has 0 saturated carbocycles. The Morgan fingerprint density at radius 3 is 2.52 bits per heavy atom. The van der Waals surface area contributed by atoms with Gasteiger partial charge in [0.15, 0.2) is 0 Å². The molecule has 1 N–H and O–H groups in total. The summed E-state index contributed by atoms with van der Waals surface area (Å²) in [5.74, 6) is -1.11. The Bertz CT molecular complexity index is 772. The summed E-state index contributed by atoms with van der Waals surface area (Å²) in [5.41, 5.74) is 0. The average molecular weight is 329 g/mol. The lowest BCUT2D eigenvalue weighted by Gasteiger charge is -2.15. The third-order valence-electron chi connectivity index (χ3n) is 2.93. The average Bonchev–Trinajstić information content (AvgIpc) is 2.96. The minimum absolute atomic E-state index is 0.0239. The first kappa shape index (κ1) is 15.7. The quantitative estimate of drug-likeness (QED) is 0.910. The number of rotatable bonds is 5. The van der Waals surface area contributed by atoms with Gasteiger partial charge >= 0.3 is 5.97 Å². The van der Waals surface area contributed by atoms with E-state index in [2.05, 4.69) is 0 Å². The molecule has 8 heteroatoms. The molecule has 0 fully saturated rings. The van der Waals surface area contributed by atoms with Crippen LogP contribution in [0.2, 0.25) is 0 Å². The molecule has 0 spiro atoms. The maximum Gasteiger partial charge on any atom is 0.371 e. The van der Waals surface area contributed by atoms with Crippen LogP contribution in [0.15, 0.2) is 27.5 Å². The summed E-state index contributed by atoms with van der Waals surface area (Å²) in [4.78, 5) is 12.7. The predicted molar refractivity (Wildman–Crippen MR) is 78.1 cm³/mol. The fraction of sp³-hybridized carbons (Fsp3) is 0.308. The van der Waals surface area contributed by atoms with E-state index in [1.54, 1.807) is 13.0 Å². The molecule has 21 heavy (non-hydrogen) atoms. The zero-order valence-electron chi connectivity index (χ0n) is 11.8. The van der Waals surface area contributed by atoms with Crippen molar-refractivity contribution in [3.8, 4) is 0 Å². The van der Waals surface area contributed by atoms with Crippen LogP contribution in [0, 0.1) is 13.8 Å². The van der Waals surface area contributed by atoms with Gasteiger partial charge in [-0.05, 0) is 32.0 Å². The van der Waals surface area contributed by atoms with Crippen molar-refractivity contribution in [3.63, 3.8) is 0 Å². The minimum atomic E-state index is -3.62. The van der Waals surface area contributed by atoms with E-state index in [9.17, 15) is 13.2 Å². The molecule has 0 amide bonds. The number of carboxylic acids is 1. The van der Waals surface area contributed by atoms with Crippen molar-refractivity contribution in [1.29, 1.82) is 0 Å². The lowest BCUT2D eigenvalue weighted by Crippen LogP contribution is -2.26. The third kappa shape index (κ3) is 3.17. The van der Waals surface area contributed by atoms with Gasteiger partial charge in [-0.25, -0.2) is 13.2 Å². The first-order valence-corrected chi connectivity index (χ1v) is 8.33. The second-order valence-corrected chi connectivity index (χ2v) is 8.08. The molecular formula is C13H15NO5S2. The molecule has 0 aliphatic heterocycles. The normalized spacial score (nSPS) is 12.0. The van der Waals surface area contributed by atoms with Gasteiger partial charge < -0.3 is 9.52 Å². The number of hydrogen-bond donors (Lipinski definition) is 1. The molecule has 0 aliphatic carbocycles. The van der Waals surface area contributed by atoms with E-state index < -0.39 is 16.0 Å². The van der Waals surface area contributed by atoms with Crippen molar-refractivity contribution < 1.29 is 22.7 Å². The monoisotopic (exact) mass is 329 g/mol. The minimum Gasteiger partial charge on any atom is -0.475 e. The highest BCUT2D eigenvalue weighted by Gasteiger charge is 2.25. The van der Waals surface area contributed by atoms with Crippen LogP contribution in [0.4, 0.5) is 0 Å². The number of carbonyl (C=O) groups is 1. The standard InChI is InChI=1S/C13H15NO5S2/c1-8-6-12(9(2)20-8)21(17,18)14(3)7-10-4-5-11(19-10)13(15)16/h4-6H,7H2,1-3H3,(H,15,16). The summed E-state index contributed by atoms with van der Waals surface area (Å²) in [7, 11) is -2.19. The summed E-state index contributed by atoms with van der Waals surface area (Å²) >= 11 is 1.42. The van der Waals surface area contributed by atoms with Crippen LogP contribution in [-0.4, -0.2) is 30.8 Å². The molecule has 0 saturated heterocycles. The summed E-state index contributed by atoms with van der Waals surface area (Å²) in [6.45, 7) is 3.58. The Morgan fingerprint density at radius 2 is 2.05 bits per heavy atom. The first-order chi connectivity index (χ1) is 9.71. The lowest BCUT2D eigenvalue weighted by atomic mass is 10.4.